The summed E-state index contributed by atoms with van der Waals surface area (Å²) in [6.45, 7) is 0. The van der Waals surface area contributed by atoms with Gasteiger partial charge in [-0.25, -0.2) is 8.42 Å². The molecule has 1 N–H and O–H groups in total. The van der Waals surface area contributed by atoms with Crippen LogP contribution in [0.5, 0.6) is 0 Å². The van der Waals surface area contributed by atoms with Gasteiger partial charge in [0.15, 0.2) is 0 Å². The van der Waals surface area contributed by atoms with Gasteiger partial charge in [-0.1, -0.05) is 0 Å². The number of rotatable bonds is 0. The van der Waals surface area contributed by atoms with Crippen molar-refractivity contribution in [1.82, 2.24) is 4.72 Å². The molecule has 0 atom stereocenters. The second kappa shape index (κ2) is 2.66. The number of aliphatic imine (C=N–C) groups is 1. The van der Waals surface area contributed by atoms with E-state index in [4.69, 9.17) is 0 Å². The first kappa shape index (κ1) is 7.01. The Labute approximate surface area is 59.0 Å². The molecule has 0 fully saturated rings. The van der Waals surface area contributed by atoms with Crippen LogP contribution >= 0.6 is 0 Å². The summed E-state index contributed by atoms with van der Waals surface area (Å²) in [4.78, 5) is 3.68. The second-order valence-corrected chi connectivity index (χ2v) is 3.20. The molecule has 0 radical (unpaired) electrons. The van der Waals surface area contributed by atoms with Gasteiger partial charge in [-0.3, -0.25) is 9.71 Å². The predicted octanol–water partition coefficient (Wildman–Crippen LogP) is -0.0249. The molecular formula is C5H6N2O2S. The van der Waals surface area contributed by atoms with Gasteiger partial charge < -0.3 is 0 Å². The van der Waals surface area contributed by atoms with Crippen molar-refractivity contribution in [3.8, 4) is 0 Å². The highest BCUT2D eigenvalue weighted by atomic mass is 32.2. The van der Waals surface area contributed by atoms with E-state index in [2.05, 4.69) is 9.71 Å². The van der Waals surface area contributed by atoms with Crippen molar-refractivity contribution in [1.29, 1.82) is 0 Å². The van der Waals surface area contributed by atoms with Crippen LogP contribution in [-0.2, 0) is 10.0 Å². The Morgan fingerprint density at radius 1 is 1.40 bits per heavy atom. The second-order valence-electron chi connectivity index (χ2n) is 1.61. The maximum absolute atomic E-state index is 10.7. The molecule has 0 aromatic carbocycles. The highest BCUT2D eigenvalue weighted by Gasteiger charge is 1.99. The van der Waals surface area contributed by atoms with Crippen molar-refractivity contribution in [2.45, 2.75) is 0 Å². The number of sulfonamides is 1. The smallest absolute Gasteiger partial charge is 0.254 e. The molecule has 10 heavy (non-hydrogen) atoms. The molecule has 0 spiro atoms. The van der Waals surface area contributed by atoms with Crippen LogP contribution in [0.15, 0.2) is 28.9 Å². The standard InChI is InChI=1S/C5H6N2O2S/c8-10(9)5-1-2-6-3-4-7-10/h1-5,7H/b4-3-,5-1-,6-2-. The lowest BCUT2D eigenvalue weighted by Crippen LogP contribution is -2.14. The Morgan fingerprint density at radius 2 is 2.20 bits per heavy atom. The Balaban J connectivity index is 2.96. The van der Waals surface area contributed by atoms with Crippen LogP contribution in [-0.4, -0.2) is 14.6 Å². The molecular weight excluding hydrogens is 152 g/mol. The van der Waals surface area contributed by atoms with Crippen molar-refractivity contribution in [3.63, 3.8) is 0 Å². The van der Waals surface area contributed by atoms with E-state index >= 15 is 0 Å². The highest BCUT2D eigenvalue weighted by molar-refractivity contribution is 7.92. The molecule has 0 unspecified atom stereocenters. The van der Waals surface area contributed by atoms with E-state index in [1.807, 2.05) is 0 Å². The summed E-state index contributed by atoms with van der Waals surface area (Å²) in [5.74, 6) is 0. The molecule has 1 rings (SSSR count). The molecule has 0 amide bonds. The SMILES string of the molecule is O=S1(=O)\C=C/C=N\C=C/N1. The van der Waals surface area contributed by atoms with E-state index < -0.39 is 10.0 Å². The lowest BCUT2D eigenvalue weighted by atomic mass is 10.7. The molecule has 0 saturated heterocycles. The summed E-state index contributed by atoms with van der Waals surface area (Å²) >= 11 is 0. The molecule has 1 aliphatic rings. The number of nitrogens with zero attached hydrogens (tertiary/aromatic N) is 1. The van der Waals surface area contributed by atoms with Gasteiger partial charge in [-0.05, 0) is 6.08 Å². The molecule has 0 aromatic rings. The Hall–Kier alpha value is -1.10. The van der Waals surface area contributed by atoms with Crippen molar-refractivity contribution in [3.05, 3.63) is 23.9 Å². The quantitative estimate of drug-likeness (QED) is 0.538. The lowest BCUT2D eigenvalue weighted by molar-refractivity contribution is 0.599. The minimum atomic E-state index is -3.25. The Morgan fingerprint density at radius 3 is 3.00 bits per heavy atom. The van der Waals surface area contributed by atoms with Gasteiger partial charge in [-0.2, -0.15) is 0 Å². The Kier molecular flexibility index (Phi) is 1.86. The fourth-order valence-corrected chi connectivity index (χ4v) is 1.05. The fourth-order valence-electron chi connectivity index (χ4n) is 0.446. The third kappa shape index (κ3) is 2.02. The number of nitrogens with one attached hydrogen (secondary N) is 1. The van der Waals surface area contributed by atoms with Crippen LogP contribution < -0.4 is 4.72 Å². The van der Waals surface area contributed by atoms with E-state index in [0.29, 0.717) is 0 Å². The minimum Gasteiger partial charge on any atom is -0.285 e. The third-order valence-corrected chi connectivity index (χ3v) is 1.80. The summed E-state index contributed by atoms with van der Waals surface area (Å²) < 4.78 is 23.6. The zero-order chi connectivity index (χ0) is 7.45. The van der Waals surface area contributed by atoms with Crippen molar-refractivity contribution < 1.29 is 8.42 Å². The van der Waals surface area contributed by atoms with Crippen molar-refractivity contribution in [2.24, 2.45) is 4.99 Å². The molecule has 0 bridgehead atoms. The first-order chi connectivity index (χ1) is 4.71. The van der Waals surface area contributed by atoms with E-state index in [0.717, 1.165) is 5.41 Å². The van der Waals surface area contributed by atoms with Crippen LogP contribution in [0, 0.1) is 0 Å². The summed E-state index contributed by atoms with van der Waals surface area (Å²) in [5, 5.41) is 1.04. The van der Waals surface area contributed by atoms with Gasteiger partial charge >= 0.3 is 0 Å². The van der Waals surface area contributed by atoms with Crippen molar-refractivity contribution >= 4 is 16.2 Å². The predicted molar refractivity (Wildman–Crippen MR) is 38.8 cm³/mol. The summed E-state index contributed by atoms with van der Waals surface area (Å²) in [7, 11) is -3.25. The molecule has 1 heterocycles. The van der Waals surface area contributed by atoms with E-state index in [-0.39, 0.29) is 0 Å². The van der Waals surface area contributed by atoms with Gasteiger partial charge in [0, 0.05) is 18.6 Å². The van der Waals surface area contributed by atoms with Gasteiger partial charge in [0.2, 0.25) is 0 Å². The first-order valence-corrected chi connectivity index (χ1v) is 4.12. The summed E-state index contributed by atoms with van der Waals surface area (Å²) in [6, 6.07) is 0. The molecule has 0 saturated carbocycles. The maximum Gasteiger partial charge on any atom is 0.254 e. The van der Waals surface area contributed by atoms with Gasteiger partial charge in [0.05, 0.1) is 5.41 Å². The average molecular weight is 158 g/mol. The molecule has 4 nitrogen and oxygen atoms in total. The van der Waals surface area contributed by atoms with Crippen LogP contribution in [0.1, 0.15) is 0 Å². The normalized spacial score (nSPS) is 30.8. The van der Waals surface area contributed by atoms with Crippen LogP contribution in [0.25, 0.3) is 0 Å². The van der Waals surface area contributed by atoms with Crippen LogP contribution in [0.3, 0.4) is 0 Å². The first-order valence-electron chi connectivity index (χ1n) is 2.58. The van der Waals surface area contributed by atoms with Crippen LogP contribution in [0.4, 0.5) is 0 Å². The molecule has 54 valence electrons. The molecule has 1 aliphatic heterocycles. The zero-order valence-corrected chi connectivity index (χ0v) is 5.88. The highest BCUT2D eigenvalue weighted by Crippen LogP contribution is 1.88. The van der Waals surface area contributed by atoms with E-state index in [1.54, 1.807) is 0 Å². The minimum absolute atomic E-state index is 1.04. The molecule has 5 heteroatoms. The maximum atomic E-state index is 10.7. The fraction of sp³-hybridized carbons (Fsp3) is 0. The zero-order valence-electron chi connectivity index (χ0n) is 5.06. The monoisotopic (exact) mass is 158 g/mol. The van der Waals surface area contributed by atoms with Gasteiger partial charge in [-0.15, -0.1) is 0 Å². The van der Waals surface area contributed by atoms with Gasteiger partial charge in [0.25, 0.3) is 10.0 Å². The number of allylic oxidation sites excluding steroid dienone is 1. The number of hydrogen-bond acceptors (Lipinski definition) is 3. The summed E-state index contributed by atoms with van der Waals surface area (Å²) in [5.41, 5.74) is 0. The van der Waals surface area contributed by atoms with Crippen LogP contribution in [0.2, 0.25) is 0 Å². The summed E-state index contributed by atoms with van der Waals surface area (Å²) in [6.07, 6.45) is 5.37. The third-order valence-electron chi connectivity index (χ3n) is 0.823. The molecule has 0 aromatic heterocycles. The lowest BCUT2D eigenvalue weighted by Gasteiger charge is -1.95. The largest absolute Gasteiger partial charge is 0.285 e. The average Bonchev–Trinajstić information content (AvgIpc) is 1.81. The van der Waals surface area contributed by atoms with E-state index in [9.17, 15) is 8.42 Å². The van der Waals surface area contributed by atoms with E-state index in [1.165, 1.54) is 24.7 Å². The Bertz CT molecular complexity index is 287. The topological polar surface area (TPSA) is 58.5 Å². The molecule has 0 aliphatic carbocycles. The van der Waals surface area contributed by atoms with Gasteiger partial charge in [0.1, 0.15) is 0 Å². The van der Waals surface area contributed by atoms with Crippen molar-refractivity contribution in [2.75, 3.05) is 0 Å². The number of hydrogen-bond donors (Lipinski definition) is 1.